The standard InChI is InChI=1S/C14H26.C7H14.C2H6.CH3F.H2O.2H2/c1-12-8-10-14(11-9-12)13-6-4-2-3-5-7-13;1-7-5-3-2-4-6-7;2*1-2;;;/h12-14H,2-11H2,1H3;7H,2-6H2,1H3;1-2H3;1H3;1H2;2*1H. The van der Waals surface area contributed by atoms with Gasteiger partial charge in [-0.3, -0.25) is 4.39 Å². The first kappa shape index (κ1) is 28.1. The lowest BCUT2D eigenvalue weighted by molar-refractivity contribution is 0.196. The van der Waals surface area contributed by atoms with E-state index in [0.717, 1.165) is 23.7 Å². The predicted molar refractivity (Wildman–Crippen MR) is 121 cm³/mol. The van der Waals surface area contributed by atoms with Gasteiger partial charge in [0.2, 0.25) is 0 Å². The average molecular weight is 379 g/mol. The van der Waals surface area contributed by atoms with Gasteiger partial charge in [-0.15, -0.1) is 0 Å². The first-order chi connectivity index (χ1) is 12.3. The highest BCUT2D eigenvalue weighted by Gasteiger charge is 2.26. The number of hydrogen-bond acceptors (Lipinski definition) is 0. The second-order valence-electron chi connectivity index (χ2n) is 8.51. The summed E-state index contributed by atoms with van der Waals surface area (Å²) in [5.74, 6) is 4.29. The average Bonchev–Trinajstić information content (AvgIpc) is 2.96. The number of halogens is 1. The normalized spacial score (nSPS) is 27.0. The molecule has 0 heterocycles. The van der Waals surface area contributed by atoms with Gasteiger partial charge in [0.05, 0.1) is 7.18 Å². The molecule has 0 bridgehead atoms. The zero-order valence-corrected chi connectivity index (χ0v) is 18.8. The first-order valence-electron chi connectivity index (χ1n) is 11.6. The molecular weight excluding hydrogens is 323 g/mol. The Hall–Kier alpha value is -0.110. The molecule has 2 heteroatoms. The van der Waals surface area contributed by atoms with Gasteiger partial charge in [-0.05, 0) is 36.5 Å². The van der Waals surface area contributed by atoms with Gasteiger partial charge in [-0.2, -0.15) is 0 Å². The minimum Gasteiger partial charge on any atom is -0.412 e. The maximum atomic E-state index is 9.50. The molecule has 164 valence electrons. The van der Waals surface area contributed by atoms with Crippen LogP contribution in [0.1, 0.15) is 127 Å². The van der Waals surface area contributed by atoms with E-state index >= 15 is 0 Å². The minimum atomic E-state index is 0. The summed E-state index contributed by atoms with van der Waals surface area (Å²) in [5.41, 5.74) is 0. The fourth-order valence-electron chi connectivity index (χ4n) is 4.85. The van der Waals surface area contributed by atoms with Crippen LogP contribution in [0.5, 0.6) is 0 Å². The Morgan fingerprint density at radius 2 is 0.808 bits per heavy atom. The molecule has 3 aliphatic rings. The van der Waals surface area contributed by atoms with Crippen LogP contribution in [0.25, 0.3) is 0 Å². The molecule has 0 radical (unpaired) electrons. The molecule has 3 rings (SSSR count). The minimum absolute atomic E-state index is 0. The summed E-state index contributed by atoms with van der Waals surface area (Å²) in [4.78, 5) is 0. The van der Waals surface area contributed by atoms with Crippen molar-refractivity contribution in [3.05, 3.63) is 0 Å². The molecule has 3 saturated carbocycles. The Bertz CT molecular complexity index is 257. The van der Waals surface area contributed by atoms with Crippen LogP contribution < -0.4 is 0 Å². The molecule has 1 nitrogen and oxygen atoms in total. The topological polar surface area (TPSA) is 31.5 Å². The van der Waals surface area contributed by atoms with Gasteiger partial charge in [0.15, 0.2) is 0 Å². The zero-order valence-electron chi connectivity index (χ0n) is 18.8. The molecule has 0 saturated heterocycles. The summed E-state index contributed by atoms with van der Waals surface area (Å²) in [5, 5.41) is 0. The summed E-state index contributed by atoms with van der Waals surface area (Å²) in [7, 11) is 0.500. The summed E-state index contributed by atoms with van der Waals surface area (Å²) >= 11 is 0. The third-order valence-electron chi connectivity index (χ3n) is 6.52. The Labute approximate surface area is 168 Å². The van der Waals surface area contributed by atoms with Crippen LogP contribution in [0.2, 0.25) is 0 Å². The summed E-state index contributed by atoms with van der Waals surface area (Å²) in [6, 6.07) is 0. The van der Waals surface area contributed by atoms with Gasteiger partial charge in [0.25, 0.3) is 0 Å². The summed E-state index contributed by atoms with van der Waals surface area (Å²) in [6.45, 7) is 8.79. The van der Waals surface area contributed by atoms with E-state index in [1.165, 1.54) is 70.6 Å². The van der Waals surface area contributed by atoms with Gasteiger partial charge in [0.1, 0.15) is 0 Å². The Balaban J connectivity index is -0.000000178. The van der Waals surface area contributed by atoms with E-state index in [0.29, 0.717) is 7.18 Å². The third-order valence-corrected chi connectivity index (χ3v) is 6.52. The Kier molecular flexibility index (Phi) is 21.2. The van der Waals surface area contributed by atoms with E-state index in [2.05, 4.69) is 13.8 Å². The largest absolute Gasteiger partial charge is 0.412 e. The highest BCUT2D eigenvalue weighted by molar-refractivity contribution is 4.77. The second-order valence-corrected chi connectivity index (χ2v) is 8.51. The molecule has 0 unspecified atom stereocenters. The van der Waals surface area contributed by atoms with Crippen LogP contribution in [0, 0.1) is 23.7 Å². The molecule has 0 aliphatic heterocycles. The maximum Gasteiger partial charge on any atom is 0.0785 e. The molecule has 0 aromatic carbocycles. The Morgan fingerprint density at radius 3 is 1.19 bits per heavy atom. The SMILES string of the molecule is CC.CC1CCC(C2CCCCCC2)CC1.CC1CCCCC1.CF.O.[HH].[HH]. The molecule has 0 spiro atoms. The molecule has 0 aromatic rings. The number of hydrogen-bond donors (Lipinski definition) is 0. The van der Waals surface area contributed by atoms with E-state index in [1.54, 1.807) is 25.7 Å². The molecular formula is C24H55FO. The number of rotatable bonds is 1. The molecule has 2 N–H and O–H groups in total. The van der Waals surface area contributed by atoms with Crippen LogP contribution in [-0.4, -0.2) is 12.7 Å². The fraction of sp³-hybridized carbons (Fsp3) is 1.00. The van der Waals surface area contributed by atoms with E-state index in [1.807, 2.05) is 13.8 Å². The Morgan fingerprint density at radius 1 is 0.500 bits per heavy atom. The first-order valence-corrected chi connectivity index (χ1v) is 11.6. The van der Waals surface area contributed by atoms with Crippen LogP contribution in [0.15, 0.2) is 0 Å². The van der Waals surface area contributed by atoms with Gasteiger partial charge in [-0.25, -0.2) is 0 Å². The lowest BCUT2D eigenvalue weighted by Gasteiger charge is -2.32. The predicted octanol–water partition coefficient (Wildman–Crippen LogP) is 8.65. The van der Waals surface area contributed by atoms with Crippen LogP contribution in [0.4, 0.5) is 4.39 Å². The van der Waals surface area contributed by atoms with E-state index < -0.39 is 0 Å². The molecule has 0 aromatic heterocycles. The third kappa shape index (κ3) is 13.1. The molecule has 0 atom stereocenters. The van der Waals surface area contributed by atoms with Crippen molar-refractivity contribution >= 4 is 0 Å². The summed E-state index contributed by atoms with van der Waals surface area (Å²) < 4.78 is 9.50. The van der Waals surface area contributed by atoms with Gasteiger partial charge in [-0.1, -0.05) is 111 Å². The fourth-order valence-corrected chi connectivity index (χ4v) is 4.85. The van der Waals surface area contributed by atoms with Crippen molar-refractivity contribution in [1.82, 2.24) is 0 Å². The number of alkyl halides is 1. The van der Waals surface area contributed by atoms with Crippen molar-refractivity contribution in [2.75, 3.05) is 7.18 Å². The second kappa shape index (κ2) is 19.6. The molecule has 3 aliphatic carbocycles. The smallest absolute Gasteiger partial charge is 0.0785 e. The van der Waals surface area contributed by atoms with Gasteiger partial charge < -0.3 is 5.48 Å². The van der Waals surface area contributed by atoms with E-state index in [9.17, 15) is 4.39 Å². The van der Waals surface area contributed by atoms with Crippen molar-refractivity contribution in [2.45, 2.75) is 124 Å². The van der Waals surface area contributed by atoms with Crippen LogP contribution in [0.3, 0.4) is 0 Å². The van der Waals surface area contributed by atoms with Crippen molar-refractivity contribution in [2.24, 2.45) is 23.7 Å². The van der Waals surface area contributed by atoms with Crippen LogP contribution >= 0.6 is 0 Å². The van der Waals surface area contributed by atoms with Crippen molar-refractivity contribution in [3.63, 3.8) is 0 Å². The lowest BCUT2D eigenvalue weighted by Crippen LogP contribution is -2.20. The summed E-state index contributed by atoms with van der Waals surface area (Å²) in [6.07, 6.45) is 22.7. The van der Waals surface area contributed by atoms with Crippen LogP contribution in [-0.2, 0) is 0 Å². The monoisotopic (exact) mass is 378 g/mol. The highest BCUT2D eigenvalue weighted by atomic mass is 19.1. The quantitative estimate of drug-likeness (QED) is 0.409. The van der Waals surface area contributed by atoms with Gasteiger partial charge >= 0.3 is 0 Å². The zero-order chi connectivity index (χ0) is 18.9. The lowest BCUT2D eigenvalue weighted by atomic mass is 9.74. The molecule has 0 amide bonds. The molecule has 3 fully saturated rings. The van der Waals surface area contributed by atoms with Crippen molar-refractivity contribution in [3.8, 4) is 0 Å². The van der Waals surface area contributed by atoms with E-state index in [-0.39, 0.29) is 8.33 Å². The van der Waals surface area contributed by atoms with Gasteiger partial charge in [0, 0.05) is 2.85 Å². The van der Waals surface area contributed by atoms with Crippen molar-refractivity contribution in [1.29, 1.82) is 0 Å². The van der Waals surface area contributed by atoms with Crippen molar-refractivity contribution < 1.29 is 12.7 Å². The highest BCUT2D eigenvalue weighted by Crippen LogP contribution is 2.38. The van der Waals surface area contributed by atoms with E-state index in [4.69, 9.17) is 0 Å². The molecule has 26 heavy (non-hydrogen) atoms. The maximum absolute atomic E-state index is 9.50.